The fraction of sp³-hybridized carbons (Fsp3) is 0.167. The summed E-state index contributed by atoms with van der Waals surface area (Å²) in [5, 5.41) is 9.00. The number of amides is 2. The van der Waals surface area contributed by atoms with E-state index in [0.717, 1.165) is 12.8 Å². The van der Waals surface area contributed by atoms with Gasteiger partial charge in [-0.1, -0.05) is 60.3 Å². The van der Waals surface area contributed by atoms with Crippen LogP contribution in [-0.4, -0.2) is 36.2 Å². The van der Waals surface area contributed by atoms with Gasteiger partial charge in [0.05, 0.1) is 23.6 Å². The number of ether oxygens (including phenoxy) is 2. The minimum absolute atomic E-state index is 0.256. The second kappa shape index (κ2) is 18.7. The quantitative estimate of drug-likeness (QED) is 0.0441. The molecule has 0 radical (unpaired) electrons. The van der Waals surface area contributed by atoms with Gasteiger partial charge in [0.1, 0.15) is 11.5 Å². The van der Waals surface area contributed by atoms with Crippen molar-refractivity contribution in [2.45, 2.75) is 38.5 Å². The number of hydrogen-bond donors (Lipinski definition) is 2. The molecular weight excluding hydrogens is 655 g/mol. The molecule has 2 amide bonds. The number of carbonyl (C=O) groups is 4. The van der Waals surface area contributed by atoms with Crippen LogP contribution in [0.2, 0.25) is 10.0 Å². The Morgan fingerprint density at radius 2 is 0.917 bits per heavy atom. The van der Waals surface area contributed by atoms with E-state index in [0.29, 0.717) is 56.6 Å². The molecule has 0 aliphatic rings. The van der Waals surface area contributed by atoms with E-state index in [2.05, 4.69) is 21.1 Å². The molecule has 0 aliphatic heterocycles. The third-order valence-corrected chi connectivity index (χ3v) is 7.25. The van der Waals surface area contributed by atoms with E-state index in [-0.39, 0.29) is 24.7 Å². The van der Waals surface area contributed by atoms with Crippen molar-refractivity contribution in [1.29, 1.82) is 0 Å². The topological polar surface area (TPSA) is 136 Å². The van der Waals surface area contributed by atoms with E-state index in [4.69, 9.17) is 32.7 Å². The number of hydrogen-bond acceptors (Lipinski definition) is 8. The molecule has 0 aromatic heterocycles. The van der Waals surface area contributed by atoms with Crippen LogP contribution >= 0.6 is 23.2 Å². The van der Waals surface area contributed by atoms with Crippen LogP contribution in [0, 0.1) is 0 Å². The van der Waals surface area contributed by atoms with Crippen LogP contribution in [-0.2, 0) is 9.59 Å². The maximum atomic E-state index is 12.5. The van der Waals surface area contributed by atoms with Crippen molar-refractivity contribution < 1.29 is 28.7 Å². The van der Waals surface area contributed by atoms with Gasteiger partial charge in [-0.15, -0.1) is 0 Å². The molecule has 0 saturated carbocycles. The normalized spacial score (nSPS) is 11.0. The third kappa shape index (κ3) is 11.8. The molecule has 246 valence electrons. The van der Waals surface area contributed by atoms with Crippen molar-refractivity contribution in [1.82, 2.24) is 10.9 Å². The molecule has 0 unspecified atom stereocenters. The number of nitrogens with zero attached hydrogens (tertiary/aromatic N) is 2. The highest BCUT2D eigenvalue weighted by Crippen LogP contribution is 2.20. The summed E-state index contributed by atoms with van der Waals surface area (Å²) in [5.74, 6) is -1.01. The Morgan fingerprint density at radius 3 is 1.31 bits per heavy atom. The third-order valence-electron chi connectivity index (χ3n) is 6.75. The standard InChI is InChI=1S/C36H32Cl2N4O6/c37-29-19-15-25(16-20-29)35(45)47-31-11-7-5-9-27(31)23-39-41-33(43)13-3-1-2-4-14-34(44)42-40-24-28-10-6-8-12-32(28)48-36(46)26-17-21-30(38)22-18-26/h5-12,15-24H,1-4,13-14H2,(H,41,43)(H,42,44)/b39-23-,40-24-. The van der Waals surface area contributed by atoms with Crippen molar-refractivity contribution in [2.75, 3.05) is 0 Å². The maximum absolute atomic E-state index is 12.5. The van der Waals surface area contributed by atoms with Crippen LogP contribution in [0.5, 0.6) is 11.5 Å². The van der Waals surface area contributed by atoms with E-state index >= 15 is 0 Å². The van der Waals surface area contributed by atoms with Crippen molar-refractivity contribution >= 4 is 59.4 Å². The Kier molecular flexibility index (Phi) is 13.9. The summed E-state index contributed by atoms with van der Waals surface area (Å²) < 4.78 is 11.0. The number of rotatable bonds is 15. The van der Waals surface area contributed by atoms with Crippen LogP contribution in [0.15, 0.2) is 107 Å². The van der Waals surface area contributed by atoms with Gasteiger partial charge >= 0.3 is 11.9 Å². The van der Waals surface area contributed by atoms with Crippen LogP contribution in [0.3, 0.4) is 0 Å². The van der Waals surface area contributed by atoms with E-state index in [1.54, 1.807) is 97.1 Å². The predicted molar refractivity (Wildman–Crippen MR) is 185 cm³/mol. The van der Waals surface area contributed by atoms with E-state index in [1.807, 2.05) is 0 Å². The Morgan fingerprint density at radius 1 is 0.542 bits per heavy atom. The highest BCUT2D eigenvalue weighted by molar-refractivity contribution is 6.31. The number of hydrazone groups is 2. The lowest BCUT2D eigenvalue weighted by Crippen LogP contribution is -2.17. The number of nitrogens with one attached hydrogen (secondary N) is 2. The van der Waals surface area contributed by atoms with Crippen molar-refractivity contribution in [2.24, 2.45) is 10.2 Å². The van der Waals surface area contributed by atoms with Gasteiger partial charge in [0.2, 0.25) is 11.8 Å². The lowest BCUT2D eigenvalue weighted by Gasteiger charge is -2.07. The monoisotopic (exact) mass is 686 g/mol. The maximum Gasteiger partial charge on any atom is 0.343 e. The largest absolute Gasteiger partial charge is 0.422 e. The van der Waals surface area contributed by atoms with Crippen molar-refractivity contribution in [3.63, 3.8) is 0 Å². The molecule has 10 nitrogen and oxygen atoms in total. The number of esters is 2. The predicted octanol–water partition coefficient (Wildman–Crippen LogP) is 7.37. The summed E-state index contributed by atoms with van der Waals surface area (Å²) in [4.78, 5) is 49.3. The van der Waals surface area contributed by atoms with Gasteiger partial charge in [0, 0.05) is 34.0 Å². The fourth-order valence-electron chi connectivity index (χ4n) is 4.23. The Labute approximate surface area is 287 Å². The molecule has 12 heteroatoms. The average molecular weight is 688 g/mol. The van der Waals surface area contributed by atoms with E-state index < -0.39 is 11.9 Å². The molecule has 2 N–H and O–H groups in total. The highest BCUT2D eigenvalue weighted by atomic mass is 35.5. The van der Waals surface area contributed by atoms with Crippen LogP contribution in [0.1, 0.15) is 70.4 Å². The second-order valence-corrected chi connectivity index (χ2v) is 11.2. The Balaban J connectivity index is 1.11. The Bertz CT molecular complexity index is 1650. The number of halogens is 2. The molecule has 0 bridgehead atoms. The van der Waals surface area contributed by atoms with Gasteiger partial charge in [-0.2, -0.15) is 10.2 Å². The molecule has 0 atom stereocenters. The number of unbranched alkanes of at least 4 members (excludes halogenated alkanes) is 3. The summed E-state index contributed by atoms with van der Waals surface area (Å²) in [7, 11) is 0. The summed E-state index contributed by atoms with van der Waals surface area (Å²) in [6.45, 7) is 0. The van der Waals surface area contributed by atoms with Gasteiger partial charge in [0.15, 0.2) is 0 Å². The number of benzene rings is 4. The van der Waals surface area contributed by atoms with Gasteiger partial charge in [-0.25, -0.2) is 20.4 Å². The van der Waals surface area contributed by atoms with Crippen molar-refractivity contribution in [3.05, 3.63) is 129 Å². The first-order chi connectivity index (χ1) is 23.3. The van der Waals surface area contributed by atoms with Gasteiger partial charge in [-0.3, -0.25) is 9.59 Å². The molecule has 4 aromatic carbocycles. The average Bonchev–Trinajstić information content (AvgIpc) is 3.08. The number of carbonyl (C=O) groups excluding carboxylic acids is 4. The molecule has 0 spiro atoms. The second-order valence-electron chi connectivity index (χ2n) is 10.4. The first-order valence-electron chi connectivity index (χ1n) is 15.1. The minimum Gasteiger partial charge on any atom is -0.422 e. The highest BCUT2D eigenvalue weighted by Gasteiger charge is 2.12. The van der Waals surface area contributed by atoms with Gasteiger partial charge in [-0.05, 0) is 85.6 Å². The lowest BCUT2D eigenvalue weighted by molar-refractivity contribution is -0.122. The molecule has 0 fully saturated rings. The SMILES string of the molecule is O=C(CCCCCCC(=O)N/N=C\c1ccccc1OC(=O)c1ccc(Cl)cc1)N/N=C\c1ccccc1OC(=O)c1ccc(Cl)cc1. The minimum atomic E-state index is -0.543. The van der Waals surface area contributed by atoms with Crippen LogP contribution in [0.25, 0.3) is 0 Å². The summed E-state index contributed by atoms with van der Waals surface area (Å²) >= 11 is 11.8. The zero-order valence-corrected chi connectivity index (χ0v) is 27.2. The van der Waals surface area contributed by atoms with Crippen LogP contribution < -0.4 is 20.3 Å². The molecule has 0 saturated heterocycles. The summed E-state index contributed by atoms with van der Waals surface area (Å²) in [6, 6.07) is 26.3. The van der Waals surface area contributed by atoms with E-state index in [9.17, 15) is 19.2 Å². The molecule has 0 heterocycles. The van der Waals surface area contributed by atoms with Gasteiger partial charge < -0.3 is 9.47 Å². The van der Waals surface area contributed by atoms with E-state index in [1.165, 1.54) is 12.4 Å². The molecule has 48 heavy (non-hydrogen) atoms. The lowest BCUT2D eigenvalue weighted by atomic mass is 10.1. The smallest absolute Gasteiger partial charge is 0.343 e. The molecule has 4 aromatic rings. The van der Waals surface area contributed by atoms with Crippen LogP contribution in [0.4, 0.5) is 0 Å². The van der Waals surface area contributed by atoms with Gasteiger partial charge in [0.25, 0.3) is 0 Å². The summed E-state index contributed by atoms with van der Waals surface area (Å²) in [5.41, 5.74) is 6.70. The zero-order chi connectivity index (χ0) is 34.1. The molecule has 0 aliphatic carbocycles. The first-order valence-corrected chi connectivity index (χ1v) is 15.8. The first kappa shape index (κ1) is 35.5. The zero-order valence-electron chi connectivity index (χ0n) is 25.7. The molecular formula is C36H32Cl2N4O6. The fourth-order valence-corrected chi connectivity index (χ4v) is 4.49. The number of para-hydroxylation sites is 2. The summed E-state index contributed by atoms with van der Waals surface area (Å²) in [6.07, 6.45) is 6.12. The Hall–Kier alpha value is -5.32. The molecule has 4 rings (SSSR count). The van der Waals surface area contributed by atoms with Crippen molar-refractivity contribution in [3.8, 4) is 11.5 Å².